The number of nitrogens with one attached hydrogen (secondary N) is 1. The van der Waals surface area contributed by atoms with E-state index in [2.05, 4.69) is 21.2 Å². The number of amides is 2. The van der Waals surface area contributed by atoms with Gasteiger partial charge in [0.15, 0.2) is 0 Å². The summed E-state index contributed by atoms with van der Waals surface area (Å²) in [5.41, 5.74) is 1.37. The molecule has 2 saturated heterocycles. The summed E-state index contributed by atoms with van der Waals surface area (Å²) >= 11 is 3.40. The maximum Gasteiger partial charge on any atom is 0.324 e. The van der Waals surface area contributed by atoms with E-state index in [0.717, 1.165) is 10.0 Å². The minimum atomic E-state index is -0.858. The molecule has 2 aromatic carbocycles. The van der Waals surface area contributed by atoms with Crippen LogP contribution >= 0.6 is 15.9 Å². The third kappa shape index (κ3) is 3.04. The number of para-hydroxylation sites is 1. The molecule has 0 aliphatic carbocycles. The van der Waals surface area contributed by atoms with Crippen LogP contribution in [-0.4, -0.2) is 30.4 Å². The highest BCUT2D eigenvalue weighted by atomic mass is 79.9. The molecule has 0 aromatic heterocycles. The minimum absolute atomic E-state index is 0.210. The highest BCUT2D eigenvalue weighted by Crippen LogP contribution is 2.45. The molecule has 144 valence electrons. The molecule has 1 N–H and O–H groups in total. The lowest BCUT2D eigenvalue weighted by Gasteiger charge is -2.22. The highest BCUT2D eigenvalue weighted by molar-refractivity contribution is 9.10. The Morgan fingerprint density at radius 3 is 2.32 bits per heavy atom. The first-order chi connectivity index (χ1) is 13.5. The summed E-state index contributed by atoms with van der Waals surface area (Å²) in [4.78, 5) is 40.2. The number of carbonyl (C=O) groups is 3. The van der Waals surface area contributed by atoms with Crippen molar-refractivity contribution in [1.29, 1.82) is 0 Å². The Morgan fingerprint density at radius 2 is 1.68 bits per heavy atom. The number of hydrogen-bond acceptors (Lipinski definition) is 5. The maximum absolute atomic E-state index is 13.3. The number of halogens is 1. The van der Waals surface area contributed by atoms with Gasteiger partial charge < -0.3 is 4.74 Å². The summed E-state index contributed by atoms with van der Waals surface area (Å²) < 4.78 is 6.08. The highest BCUT2D eigenvalue weighted by Gasteiger charge is 2.61. The average Bonchev–Trinajstić information content (AvgIpc) is 3.21. The molecule has 2 aliphatic rings. The zero-order valence-corrected chi connectivity index (χ0v) is 16.8. The van der Waals surface area contributed by atoms with Gasteiger partial charge in [0.2, 0.25) is 11.8 Å². The molecule has 0 bridgehead atoms. The Hall–Kier alpha value is -2.51. The van der Waals surface area contributed by atoms with Crippen molar-refractivity contribution in [1.82, 2.24) is 5.32 Å². The van der Waals surface area contributed by atoms with Crippen LogP contribution in [0.2, 0.25) is 0 Å². The standard InChI is InChI=1S/C21H19BrN2O4/c1-2-28-21(27)18-16-15(17(23-18)12-8-10-13(22)11-9-12)19(25)24(20(16)26)14-6-4-3-5-7-14/h3-11,15-18,23H,2H2,1H3/t15-,16+,17-,18-/m0/s1. The molecule has 2 aromatic rings. The Kier molecular flexibility index (Phi) is 5.03. The molecule has 2 heterocycles. The van der Waals surface area contributed by atoms with Crippen molar-refractivity contribution in [2.24, 2.45) is 11.8 Å². The molecule has 0 spiro atoms. The number of ether oxygens (including phenoxy) is 1. The predicted molar refractivity (Wildman–Crippen MR) is 106 cm³/mol. The van der Waals surface area contributed by atoms with Gasteiger partial charge in [-0.25, -0.2) is 4.90 Å². The van der Waals surface area contributed by atoms with Crippen LogP contribution in [0.1, 0.15) is 18.5 Å². The number of benzene rings is 2. The Morgan fingerprint density at radius 1 is 1.04 bits per heavy atom. The molecular weight excluding hydrogens is 424 g/mol. The van der Waals surface area contributed by atoms with Gasteiger partial charge in [0.1, 0.15) is 6.04 Å². The van der Waals surface area contributed by atoms with E-state index in [0.29, 0.717) is 5.69 Å². The van der Waals surface area contributed by atoms with Gasteiger partial charge in [0.25, 0.3) is 0 Å². The average molecular weight is 443 g/mol. The zero-order valence-electron chi connectivity index (χ0n) is 15.2. The lowest BCUT2D eigenvalue weighted by Crippen LogP contribution is -2.44. The summed E-state index contributed by atoms with van der Waals surface area (Å²) in [6.07, 6.45) is 0. The fourth-order valence-corrected chi connectivity index (χ4v) is 4.33. The van der Waals surface area contributed by atoms with E-state index in [1.54, 1.807) is 31.2 Å². The number of anilines is 1. The van der Waals surface area contributed by atoms with Crippen molar-refractivity contribution in [3.63, 3.8) is 0 Å². The van der Waals surface area contributed by atoms with Crippen molar-refractivity contribution in [2.75, 3.05) is 11.5 Å². The minimum Gasteiger partial charge on any atom is -0.465 e. The molecule has 4 atom stereocenters. The normalized spacial score (nSPS) is 26.4. The fraction of sp³-hybridized carbons (Fsp3) is 0.286. The number of rotatable bonds is 4. The number of esters is 1. The number of imide groups is 1. The number of fused-ring (bicyclic) bond motifs is 1. The fourth-order valence-electron chi connectivity index (χ4n) is 4.07. The summed E-state index contributed by atoms with van der Waals surface area (Å²) in [5, 5.41) is 3.19. The van der Waals surface area contributed by atoms with E-state index in [1.165, 1.54) is 4.90 Å². The number of hydrogen-bond donors (Lipinski definition) is 1. The van der Waals surface area contributed by atoms with Gasteiger partial charge in [0.05, 0.1) is 24.1 Å². The smallest absolute Gasteiger partial charge is 0.324 e. The molecule has 0 radical (unpaired) electrons. The van der Waals surface area contributed by atoms with E-state index in [4.69, 9.17) is 4.74 Å². The van der Waals surface area contributed by atoms with Crippen LogP contribution < -0.4 is 10.2 Å². The molecule has 2 amide bonds. The largest absolute Gasteiger partial charge is 0.465 e. The van der Waals surface area contributed by atoms with Crippen molar-refractivity contribution in [3.05, 3.63) is 64.6 Å². The van der Waals surface area contributed by atoms with Gasteiger partial charge in [-0.15, -0.1) is 0 Å². The molecule has 0 unspecified atom stereocenters. The molecule has 28 heavy (non-hydrogen) atoms. The van der Waals surface area contributed by atoms with Gasteiger partial charge in [-0.3, -0.25) is 19.7 Å². The van der Waals surface area contributed by atoms with Crippen LogP contribution in [0.25, 0.3) is 0 Å². The molecule has 4 rings (SSSR count). The molecule has 6 nitrogen and oxygen atoms in total. The second kappa shape index (κ2) is 7.48. The van der Waals surface area contributed by atoms with Crippen LogP contribution in [0.3, 0.4) is 0 Å². The molecule has 2 aliphatic heterocycles. The number of carbonyl (C=O) groups excluding carboxylic acids is 3. The van der Waals surface area contributed by atoms with E-state index in [1.807, 2.05) is 30.3 Å². The van der Waals surface area contributed by atoms with E-state index >= 15 is 0 Å². The lowest BCUT2D eigenvalue weighted by atomic mass is 9.86. The first-order valence-electron chi connectivity index (χ1n) is 9.14. The summed E-state index contributed by atoms with van der Waals surface area (Å²) in [7, 11) is 0. The second-order valence-corrected chi connectivity index (χ2v) is 7.74. The predicted octanol–water partition coefficient (Wildman–Crippen LogP) is 2.83. The van der Waals surface area contributed by atoms with Gasteiger partial charge in [0, 0.05) is 10.5 Å². The molecule has 7 heteroatoms. The Balaban J connectivity index is 1.75. The number of nitrogens with zero attached hydrogens (tertiary/aromatic N) is 1. The monoisotopic (exact) mass is 442 g/mol. The van der Waals surface area contributed by atoms with E-state index in [9.17, 15) is 14.4 Å². The van der Waals surface area contributed by atoms with Gasteiger partial charge in [-0.2, -0.15) is 0 Å². The summed E-state index contributed by atoms with van der Waals surface area (Å²) in [6.45, 7) is 1.93. The van der Waals surface area contributed by atoms with Crippen molar-refractivity contribution in [3.8, 4) is 0 Å². The van der Waals surface area contributed by atoms with Crippen LogP contribution in [0, 0.1) is 11.8 Å². The van der Waals surface area contributed by atoms with Crippen LogP contribution in [0.5, 0.6) is 0 Å². The first kappa shape index (κ1) is 18.8. The van der Waals surface area contributed by atoms with Gasteiger partial charge >= 0.3 is 5.97 Å². The Bertz CT molecular complexity index is 916. The molecular formula is C21H19BrN2O4. The zero-order chi connectivity index (χ0) is 19.8. The molecule has 2 fully saturated rings. The quantitative estimate of drug-likeness (QED) is 0.581. The van der Waals surface area contributed by atoms with E-state index < -0.39 is 29.9 Å². The Labute approximate surface area is 171 Å². The van der Waals surface area contributed by atoms with Crippen molar-refractivity contribution < 1.29 is 19.1 Å². The lowest BCUT2D eigenvalue weighted by molar-refractivity contribution is -0.148. The van der Waals surface area contributed by atoms with Crippen LogP contribution in [0.15, 0.2) is 59.1 Å². The first-order valence-corrected chi connectivity index (χ1v) is 9.93. The van der Waals surface area contributed by atoms with Crippen molar-refractivity contribution in [2.45, 2.75) is 19.0 Å². The third-order valence-corrected chi connectivity index (χ3v) is 5.79. The van der Waals surface area contributed by atoms with Gasteiger partial charge in [-0.1, -0.05) is 46.3 Å². The molecule has 0 saturated carbocycles. The van der Waals surface area contributed by atoms with E-state index in [-0.39, 0.29) is 18.4 Å². The third-order valence-electron chi connectivity index (χ3n) is 5.26. The van der Waals surface area contributed by atoms with Crippen LogP contribution in [-0.2, 0) is 19.1 Å². The topological polar surface area (TPSA) is 75.7 Å². The SMILES string of the molecule is CCOC(=O)[C@H]1N[C@@H](c2ccc(Br)cc2)[C@H]2C(=O)N(c3ccccc3)C(=O)[C@H]21. The van der Waals surface area contributed by atoms with Crippen molar-refractivity contribution >= 4 is 39.4 Å². The van der Waals surface area contributed by atoms with Crippen LogP contribution in [0.4, 0.5) is 5.69 Å². The second-order valence-electron chi connectivity index (χ2n) is 6.82. The maximum atomic E-state index is 13.3. The summed E-state index contributed by atoms with van der Waals surface area (Å²) in [5.74, 6) is -2.63. The van der Waals surface area contributed by atoms with Gasteiger partial charge in [-0.05, 0) is 36.8 Å². The summed E-state index contributed by atoms with van der Waals surface area (Å²) in [6, 6.07) is 15.0.